The number of benzene rings is 2. The van der Waals surface area contributed by atoms with Crippen molar-refractivity contribution < 1.29 is 19.1 Å². The molecule has 0 bridgehead atoms. The van der Waals surface area contributed by atoms with Gasteiger partial charge in [0.15, 0.2) is 0 Å². The van der Waals surface area contributed by atoms with E-state index in [1.807, 2.05) is 31.2 Å². The molecule has 1 N–H and O–H groups in total. The molecule has 0 radical (unpaired) electrons. The van der Waals surface area contributed by atoms with E-state index in [1.54, 1.807) is 45.3 Å². The topological polar surface area (TPSA) is 79.0 Å². The lowest BCUT2D eigenvalue weighted by Gasteiger charge is -2.23. The Balaban J connectivity index is 1.72. The number of hydrogen-bond donors (Lipinski definition) is 1. The number of carbonyl (C=O) groups excluding carboxylic acids is 3. The van der Waals surface area contributed by atoms with Gasteiger partial charge in [-0.05, 0) is 42.7 Å². The molecule has 1 fully saturated rings. The first-order valence-electron chi connectivity index (χ1n) is 9.33. The monoisotopic (exact) mass is 395 g/mol. The number of methoxy groups -OCH3 is 1. The van der Waals surface area contributed by atoms with E-state index in [0.29, 0.717) is 17.9 Å². The zero-order valence-corrected chi connectivity index (χ0v) is 17.1. The molecular formula is C22H25N3O4. The number of urea groups is 1. The fourth-order valence-electron chi connectivity index (χ4n) is 3.35. The standard InChI is InChI=1S/C22H25N3O4/c1-15-7-5-6-8-16(15)13-24(3)19(26)14-25-20(27)22(2,23-21(25)28)17-9-11-18(29-4)12-10-17/h5-12H,13-14H2,1-4H3,(H,23,28). The maximum atomic E-state index is 13.0. The largest absolute Gasteiger partial charge is 0.497 e. The van der Waals surface area contributed by atoms with Gasteiger partial charge >= 0.3 is 6.03 Å². The van der Waals surface area contributed by atoms with Crippen LogP contribution in [-0.2, 0) is 21.7 Å². The second-order valence-corrected chi connectivity index (χ2v) is 7.35. The van der Waals surface area contributed by atoms with E-state index >= 15 is 0 Å². The zero-order valence-electron chi connectivity index (χ0n) is 17.1. The number of hydrogen-bond acceptors (Lipinski definition) is 4. The summed E-state index contributed by atoms with van der Waals surface area (Å²) < 4.78 is 5.14. The number of aryl methyl sites for hydroxylation is 1. The maximum absolute atomic E-state index is 13.0. The Hall–Kier alpha value is -3.35. The molecule has 29 heavy (non-hydrogen) atoms. The molecule has 1 saturated heterocycles. The average Bonchev–Trinajstić information content (AvgIpc) is 2.93. The summed E-state index contributed by atoms with van der Waals surface area (Å²) in [5.41, 5.74) is 1.50. The number of amides is 4. The van der Waals surface area contributed by atoms with Crippen molar-refractivity contribution in [3.8, 4) is 5.75 Å². The first-order valence-corrected chi connectivity index (χ1v) is 9.33. The van der Waals surface area contributed by atoms with E-state index in [4.69, 9.17) is 4.74 Å². The van der Waals surface area contributed by atoms with Crippen LogP contribution >= 0.6 is 0 Å². The predicted octanol–water partition coefficient (Wildman–Crippen LogP) is 2.43. The molecule has 0 aliphatic carbocycles. The van der Waals surface area contributed by atoms with Crippen molar-refractivity contribution in [2.24, 2.45) is 0 Å². The van der Waals surface area contributed by atoms with Crippen molar-refractivity contribution >= 4 is 17.8 Å². The molecule has 1 unspecified atom stereocenters. The summed E-state index contributed by atoms with van der Waals surface area (Å²) in [6.07, 6.45) is 0. The van der Waals surface area contributed by atoms with Crippen molar-refractivity contribution in [1.29, 1.82) is 0 Å². The number of ether oxygens (including phenoxy) is 1. The van der Waals surface area contributed by atoms with Crippen molar-refractivity contribution in [3.05, 3.63) is 65.2 Å². The van der Waals surface area contributed by atoms with Gasteiger partial charge in [-0.25, -0.2) is 4.79 Å². The average molecular weight is 395 g/mol. The van der Waals surface area contributed by atoms with E-state index in [9.17, 15) is 14.4 Å². The zero-order chi connectivity index (χ0) is 21.2. The van der Waals surface area contributed by atoms with Crippen LogP contribution in [0.5, 0.6) is 5.75 Å². The molecule has 1 aliphatic heterocycles. The quantitative estimate of drug-likeness (QED) is 0.762. The van der Waals surface area contributed by atoms with Crippen LogP contribution in [0.1, 0.15) is 23.6 Å². The summed E-state index contributed by atoms with van der Waals surface area (Å²) in [5.74, 6) is -0.111. The third-order valence-electron chi connectivity index (χ3n) is 5.33. The molecule has 4 amide bonds. The highest BCUT2D eigenvalue weighted by molar-refractivity contribution is 6.09. The van der Waals surface area contributed by atoms with Gasteiger partial charge < -0.3 is 15.0 Å². The van der Waals surface area contributed by atoms with Crippen LogP contribution in [0.4, 0.5) is 4.79 Å². The molecule has 2 aromatic rings. The number of nitrogens with one attached hydrogen (secondary N) is 1. The number of likely N-dealkylation sites (N-methyl/N-ethyl adjacent to an activating group) is 1. The molecule has 7 nitrogen and oxygen atoms in total. The number of carbonyl (C=O) groups is 3. The van der Waals surface area contributed by atoms with Crippen molar-refractivity contribution in [2.45, 2.75) is 25.9 Å². The minimum Gasteiger partial charge on any atom is -0.497 e. The summed E-state index contributed by atoms with van der Waals surface area (Å²) >= 11 is 0. The first-order chi connectivity index (χ1) is 13.8. The van der Waals surface area contributed by atoms with Gasteiger partial charge in [-0.1, -0.05) is 36.4 Å². The summed E-state index contributed by atoms with van der Waals surface area (Å²) in [6.45, 7) is 3.71. The van der Waals surface area contributed by atoms with Gasteiger partial charge in [0.05, 0.1) is 7.11 Å². The lowest BCUT2D eigenvalue weighted by molar-refractivity contribution is -0.138. The third kappa shape index (κ3) is 3.94. The molecule has 152 valence electrons. The molecule has 0 spiro atoms. The molecule has 0 aromatic heterocycles. The van der Waals surface area contributed by atoms with E-state index < -0.39 is 17.5 Å². The van der Waals surface area contributed by atoms with Crippen LogP contribution in [0.3, 0.4) is 0 Å². The Kier molecular flexibility index (Phi) is 5.59. The second-order valence-electron chi connectivity index (χ2n) is 7.35. The SMILES string of the molecule is COc1ccc(C2(C)NC(=O)N(CC(=O)N(C)Cc3ccccc3C)C2=O)cc1. The summed E-state index contributed by atoms with van der Waals surface area (Å²) in [6, 6.07) is 14.1. The molecule has 1 aliphatic rings. The molecule has 1 atom stereocenters. The Morgan fingerprint density at radius 1 is 1.14 bits per heavy atom. The Labute approximate surface area is 170 Å². The van der Waals surface area contributed by atoms with Crippen molar-refractivity contribution in [1.82, 2.24) is 15.1 Å². The Morgan fingerprint density at radius 3 is 2.41 bits per heavy atom. The number of rotatable bonds is 6. The highest BCUT2D eigenvalue weighted by Crippen LogP contribution is 2.30. The lowest BCUT2D eigenvalue weighted by atomic mass is 9.92. The van der Waals surface area contributed by atoms with E-state index in [2.05, 4.69) is 5.32 Å². The molecule has 3 rings (SSSR count). The fraction of sp³-hybridized carbons (Fsp3) is 0.318. The van der Waals surface area contributed by atoms with Crippen LogP contribution in [0.15, 0.2) is 48.5 Å². The first kappa shape index (κ1) is 20.4. The smallest absolute Gasteiger partial charge is 0.325 e. The van der Waals surface area contributed by atoms with Crippen LogP contribution < -0.4 is 10.1 Å². The maximum Gasteiger partial charge on any atom is 0.325 e. The van der Waals surface area contributed by atoms with Gasteiger partial charge in [0, 0.05) is 13.6 Å². The van der Waals surface area contributed by atoms with Gasteiger partial charge in [-0.2, -0.15) is 0 Å². The van der Waals surface area contributed by atoms with Crippen LogP contribution in [0.25, 0.3) is 0 Å². The molecule has 1 heterocycles. The fourth-order valence-corrected chi connectivity index (χ4v) is 3.35. The minimum absolute atomic E-state index is 0.307. The number of nitrogens with zero attached hydrogens (tertiary/aromatic N) is 2. The van der Waals surface area contributed by atoms with Crippen LogP contribution in [0.2, 0.25) is 0 Å². The van der Waals surface area contributed by atoms with E-state index in [0.717, 1.165) is 16.0 Å². The summed E-state index contributed by atoms with van der Waals surface area (Å²) in [4.78, 5) is 40.6. The van der Waals surface area contributed by atoms with Crippen molar-refractivity contribution in [2.75, 3.05) is 20.7 Å². The Bertz CT molecular complexity index is 941. The van der Waals surface area contributed by atoms with E-state index in [-0.39, 0.29) is 12.5 Å². The van der Waals surface area contributed by atoms with Gasteiger partial charge in [0.25, 0.3) is 5.91 Å². The molecule has 7 heteroatoms. The van der Waals surface area contributed by atoms with Crippen LogP contribution in [0, 0.1) is 6.92 Å². The number of imide groups is 1. The van der Waals surface area contributed by atoms with Gasteiger partial charge in [-0.15, -0.1) is 0 Å². The predicted molar refractivity (Wildman–Crippen MR) is 108 cm³/mol. The highest BCUT2D eigenvalue weighted by atomic mass is 16.5. The molecule has 2 aromatic carbocycles. The minimum atomic E-state index is -1.22. The van der Waals surface area contributed by atoms with Gasteiger partial charge in [0.1, 0.15) is 17.8 Å². The normalized spacial score (nSPS) is 18.6. The van der Waals surface area contributed by atoms with Gasteiger partial charge in [-0.3, -0.25) is 14.5 Å². The second kappa shape index (κ2) is 7.95. The van der Waals surface area contributed by atoms with Gasteiger partial charge in [0.2, 0.25) is 5.91 Å². The molecular weight excluding hydrogens is 370 g/mol. The highest BCUT2D eigenvalue weighted by Gasteiger charge is 2.49. The Morgan fingerprint density at radius 2 is 1.79 bits per heavy atom. The van der Waals surface area contributed by atoms with Crippen molar-refractivity contribution in [3.63, 3.8) is 0 Å². The third-order valence-corrected chi connectivity index (χ3v) is 5.33. The van der Waals surface area contributed by atoms with Crippen LogP contribution in [-0.4, -0.2) is 48.3 Å². The molecule has 0 saturated carbocycles. The summed E-state index contributed by atoms with van der Waals surface area (Å²) in [7, 11) is 3.22. The summed E-state index contributed by atoms with van der Waals surface area (Å²) in [5, 5.41) is 2.71. The lowest BCUT2D eigenvalue weighted by Crippen LogP contribution is -2.43. The van der Waals surface area contributed by atoms with E-state index in [1.165, 1.54) is 4.90 Å².